The molecule has 2 N–H and O–H groups in total. The third-order valence-corrected chi connectivity index (χ3v) is 3.46. The highest BCUT2D eigenvalue weighted by Crippen LogP contribution is 2.32. The van der Waals surface area contributed by atoms with Gasteiger partial charge in [-0.15, -0.1) is 0 Å². The molecule has 0 saturated carbocycles. The van der Waals surface area contributed by atoms with Crippen molar-refractivity contribution in [1.29, 1.82) is 0 Å². The van der Waals surface area contributed by atoms with E-state index < -0.39 is 24.4 Å². The van der Waals surface area contributed by atoms with Crippen molar-refractivity contribution in [3.05, 3.63) is 35.9 Å². The first-order valence-corrected chi connectivity index (χ1v) is 6.67. The zero-order chi connectivity index (χ0) is 15.5. The fourth-order valence-corrected chi connectivity index (χ4v) is 2.32. The van der Waals surface area contributed by atoms with Crippen molar-refractivity contribution in [2.24, 2.45) is 5.73 Å². The molecule has 2 atom stereocenters. The lowest BCUT2D eigenvalue weighted by atomic mass is 9.98. The first-order chi connectivity index (χ1) is 9.88. The molecule has 1 aromatic rings. The van der Waals surface area contributed by atoms with Crippen LogP contribution >= 0.6 is 0 Å². The van der Waals surface area contributed by atoms with Crippen LogP contribution in [0.1, 0.15) is 18.4 Å². The Bertz CT molecular complexity index is 479. The molecule has 0 spiro atoms. The highest BCUT2D eigenvalue weighted by molar-refractivity contribution is 5.68. The minimum Gasteiger partial charge on any atom is -0.445 e. The highest BCUT2D eigenvalue weighted by atomic mass is 19.4. The number of hydrogen-bond donors (Lipinski definition) is 1. The number of ether oxygens (including phenoxy) is 1. The molecule has 21 heavy (non-hydrogen) atoms. The van der Waals surface area contributed by atoms with E-state index in [1.54, 1.807) is 30.3 Å². The van der Waals surface area contributed by atoms with Crippen molar-refractivity contribution >= 4 is 6.09 Å². The zero-order valence-electron chi connectivity index (χ0n) is 11.3. The molecule has 0 aromatic heterocycles. The van der Waals surface area contributed by atoms with E-state index in [2.05, 4.69) is 0 Å². The maximum absolute atomic E-state index is 13.0. The van der Waals surface area contributed by atoms with Crippen molar-refractivity contribution in [2.45, 2.75) is 37.7 Å². The molecule has 2 rings (SSSR count). The number of rotatable bonds is 2. The molecule has 1 aromatic carbocycles. The van der Waals surface area contributed by atoms with E-state index in [1.165, 1.54) is 0 Å². The SMILES string of the molecule is N[C@H]1CCN(C(=O)OCc2ccccc2)[C@@H](C(F)(F)F)C1. The van der Waals surface area contributed by atoms with Crippen molar-refractivity contribution < 1.29 is 22.7 Å². The molecule has 0 aliphatic carbocycles. The van der Waals surface area contributed by atoms with Crippen LogP contribution in [-0.4, -0.2) is 35.8 Å². The van der Waals surface area contributed by atoms with Gasteiger partial charge in [0.2, 0.25) is 0 Å². The van der Waals surface area contributed by atoms with Gasteiger partial charge in [0.05, 0.1) is 0 Å². The van der Waals surface area contributed by atoms with Gasteiger partial charge in [0, 0.05) is 12.6 Å². The lowest BCUT2D eigenvalue weighted by Crippen LogP contribution is -2.55. The minimum absolute atomic E-state index is 0.0427. The van der Waals surface area contributed by atoms with Gasteiger partial charge in [-0.3, -0.25) is 4.90 Å². The van der Waals surface area contributed by atoms with Gasteiger partial charge in [-0.25, -0.2) is 4.79 Å². The third-order valence-electron chi connectivity index (χ3n) is 3.46. The summed E-state index contributed by atoms with van der Waals surface area (Å²) in [5.41, 5.74) is 6.30. The van der Waals surface area contributed by atoms with Gasteiger partial charge in [-0.2, -0.15) is 13.2 Å². The number of carbonyl (C=O) groups is 1. The molecule has 1 amide bonds. The topological polar surface area (TPSA) is 55.6 Å². The van der Waals surface area contributed by atoms with E-state index in [-0.39, 0.29) is 19.6 Å². The molecular weight excluding hydrogens is 285 g/mol. The van der Waals surface area contributed by atoms with Crippen LogP contribution in [0.2, 0.25) is 0 Å². The van der Waals surface area contributed by atoms with Gasteiger partial charge in [0.1, 0.15) is 12.6 Å². The first kappa shape index (κ1) is 15.6. The molecular formula is C14H17F3N2O2. The monoisotopic (exact) mass is 302 g/mol. The number of likely N-dealkylation sites (tertiary alicyclic amines) is 1. The van der Waals surface area contributed by atoms with Gasteiger partial charge in [-0.05, 0) is 18.4 Å². The predicted molar refractivity (Wildman–Crippen MR) is 70.4 cm³/mol. The summed E-state index contributed by atoms with van der Waals surface area (Å²) in [6.07, 6.45) is -5.39. The molecule has 1 heterocycles. The number of hydrogen-bond acceptors (Lipinski definition) is 3. The van der Waals surface area contributed by atoms with Crippen LogP contribution in [0.25, 0.3) is 0 Å². The first-order valence-electron chi connectivity index (χ1n) is 6.67. The van der Waals surface area contributed by atoms with Gasteiger partial charge >= 0.3 is 12.3 Å². The second kappa shape index (κ2) is 6.34. The number of amides is 1. The summed E-state index contributed by atoms with van der Waals surface area (Å²) < 4.78 is 43.9. The predicted octanol–water partition coefficient (Wildman–Crippen LogP) is 2.68. The Hall–Kier alpha value is -1.76. The Balaban J connectivity index is 1.99. The Kier molecular flexibility index (Phi) is 4.72. The Morgan fingerprint density at radius 3 is 2.62 bits per heavy atom. The number of nitrogens with zero attached hydrogens (tertiary/aromatic N) is 1. The number of nitrogens with two attached hydrogens (primary N) is 1. The maximum Gasteiger partial charge on any atom is 0.410 e. The quantitative estimate of drug-likeness (QED) is 0.914. The van der Waals surface area contributed by atoms with Crippen molar-refractivity contribution in [2.75, 3.05) is 6.54 Å². The number of benzene rings is 1. The van der Waals surface area contributed by atoms with E-state index in [1.807, 2.05) is 0 Å². The van der Waals surface area contributed by atoms with Crippen molar-refractivity contribution in [3.8, 4) is 0 Å². The Morgan fingerprint density at radius 2 is 2.00 bits per heavy atom. The number of alkyl halides is 3. The summed E-state index contributed by atoms with van der Waals surface area (Å²) in [5.74, 6) is 0. The molecule has 1 aliphatic heterocycles. The van der Waals surface area contributed by atoms with Crippen LogP contribution < -0.4 is 5.73 Å². The zero-order valence-corrected chi connectivity index (χ0v) is 11.3. The Morgan fingerprint density at radius 1 is 1.33 bits per heavy atom. The van der Waals surface area contributed by atoms with E-state index in [0.717, 1.165) is 10.5 Å². The van der Waals surface area contributed by atoms with Gasteiger partial charge in [-0.1, -0.05) is 30.3 Å². The summed E-state index contributed by atoms with van der Waals surface area (Å²) in [7, 11) is 0. The smallest absolute Gasteiger partial charge is 0.410 e. The van der Waals surface area contributed by atoms with Crippen LogP contribution in [0.4, 0.5) is 18.0 Å². The molecule has 1 aliphatic rings. The second-order valence-corrected chi connectivity index (χ2v) is 5.08. The van der Waals surface area contributed by atoms with Crippen LogP contribution in [-0.2, 0) is 11.3 Å². The fourth-order valence-electron chi connectivity index (χ4n) is 2.32. The summed E-state index contributed by atoms with van der Waals surface area (Å²) in [5, 5.41) is 0. The maximum atomic E-state index is 13.0. The summed E-state index contributed by atoms with van der Waals surface area (Å²) >= 11 is 0. The lowest BCUT2D eigenvalue weighted by Gasteiger charge is -2.38. The largest absolute Gasteiger partial charge is 0.445 e. The van der Waals surface area contributed by atoms with E-state index in [9.17, 15) is 18.0 Å². The molecule has 1 fully saturated rings. The highest BCUT2D eigenvalue weighted by Gasteiger charge is 2.48. The average Bonchev–Trinajstić information content (AvgIpc) is 2.45. The lowest BCUT2D eigenvalue weighted by molar-refractivity contribution is -0.187. The second-order valence-electron chi connectivity index (χ2n) is 5.08. The third kappa shape index (κ3) is 4.10. The molecule has 7 heteroatoms. The van der Waals surface area contributed by atoms with E-state index in [4.69, 9.17) is 10.5 Å². The minimum atomic E-state index is -4.50. The molecule has 0 bridgehead atoms. The summed E-state index contributed by atoms with van der Waals surface area (Å²) in [4.78, 5) is 12.6. The number of piperidine rings is 1. The molecule has 0 unspecified atom stereocenters. The van der Waals surface area contributed by atoms with Crippen LogP contribution in [0.15, 0.2) is 30.3 Å². The van der Waals surface area contributed by atoms with Crippen molar-refractivity contribution in [3.63, 3.8) is 0 Å². The number of carbonyl (C=O) groups excluding carboxylic acids is 1. The van der Waals surface area contributed by atoms with Gasteiger partial charge in [0.25, 0.3) is 0 Å². The van der Waals surface area contributed by atoms with Gasteiger partial charge < -0.3 is 10.5 Å². The fraction of sp³-hybridized carbons (Fsp3) is 0.500. The van der Waals surface area contributed by atoms with Crippen LogP contribution in [0, 0.1) is 0 Å². The molecule has 1 saturated heterocycles. The van der Waals surface area contributed by atoms with Crippen LogP contribution in [0.3, 0.4) is 0 Å². The standard InChI is InChI=1S/C14H17F3N2O2/c15-14(16,17)12-8-11(18)6-7-19(12)13(20)21-9-10-4-2-1-3-5-10/h1-5,11-12H,6-9,18H2/t11-,12+/m0/s1. The molecule has 0 radical (unpaired) electrons. The average molecular weight is 302 g/mol. The normalized spacial score (nSPS) is 23.0. The molecule has 4 nitrogen and oxygen atoms in total. The van der Waals surface area contributed by atoms with Crippen molar-refractivity contribution in [1.82, 2.24) is 4.90 Å². The summed E-state index contributed by atoms with van der Waals surface area (Å²) in [6, 6.07) is 6.39. The Labute approximate surface area is 120 Å². The van der Waals surface area contributed by atoms with Gasteiger partial charge in [0.15, 0.2) is 0 Å². The van der Waals surface area contributed by atoms with E-state index >= 15 is 0 Å². The molecule has 116 valence electrons. The van der Waals surface area contributed by atoms with E-state index in [0.29, 0.717) is 6.42 Å². The summed E-state index contributed by atoms with van der Waals surface area (Å²) in [6.45, 7) is -0.0915. The number of halogens is 3. The van der Waals surface area contributed by atoms with Crippen LogP contribution in [0.5, 0.6) is 0 Å².